The average molecular weight is 164 g/mol. The van der Waals surface area contributed by atoms with Crippen LogP contribution < -0.4 is 5.73 Å². The third kappa shape index (κ3) is 14.8. The van der Waals surface area contributed by atoms with Crippen molar-refractivity contribution >= 4 is 23.9 Å². The topological polar surface area (TPSA) is 26.0 Å². The van der Waals surface area contributed by atoms with Crippen molar-refractivity contribution in [3.63, 3.8) is 0 Å². The molecule has 0 rings (SSSR count). The summed E-state index contributed by atoms with van der Waals surface area (Å²) in [5, 5.41) is 0. The first kappa shape index (κ1) is 8.83. The minimum absolute atomic E-state index is 0. The fourth-order valence-electron chi connectivity index (χ4n) is 0. The van der Waals surface area contributed by atoms with E-state index in [9.17, 15) is 0 Å². The molecule has 2 heteroatoms. The van der Waals surface area contributed by atoms with Crippen molar-refractivity contribution < 1.29 is 0 Å². The number of nitrogens with two attached hydrogens (primary N) is 1. The second-order valence-corrected chi connectivity index (χ2v) is 0.408. The van der Waals surface area contributed by atoms with Crippen molar-refractivity contribution in [1.82, 2.24) is 0 Å². The quantitative estimate of drug-likeness (QED) is 0.483. The maximum Gasteiger partial charge on any atom is 0 e. The summed E-state index contributed by atoms with van der Waals surface area (Å²) < 4.78 is 0. The van der Waals surface area contributed by atoms with Gasteiger partial charge in [-0.15, -0.1) is 0 Å². The molecule has 0 aliphatic carbocycles. The SMILES string of the molecule is CCN.[Sn]. The zero-order valence-electron chi connectivity index (χ0n) is 2.78. The van der Waals surface area contributed by atoms with Gasteiger partial charge in [0.2, 0.25) is 0 Å². The van der Waals surface area contributed by atoms with Gasteiger partial charge in [0.05, 0.1) is 0 Å². The first-order valence-electron chi connectivity index (χ1n) is 1.12. The van der Waals surface area contributed by atoms with Crippen LogP contribution in [0.3, 0.4) is 0 Å². The van der Waals surface area contributed by atoms with E-state index in [4.69, 9.17) is 5.73 Å². The van der Waals surface area contributed by atoms with E-state index in [-0.39, 0.29) is 23.9 Å². The Balaban J connectivity index is 0. The summed E-state index contributed by atoms with van der Waals surface area (Å²) in [5.74, 6) is 0. The fourth-order valence-corrected chi connectivity index (χ4v) is 0. The standard InChI is InChI=1S/C2H7N.Sn/c1-2-3;/h2-3H2,1H3;. The molecule has 0 aliphatic rings. The van der Waals surface area contributed by atoms with Crippen LogP contribution in [0.1, 0.15) is 6.92 Å². The zero-order chi connectivity index (χ0) is 2.71. The van der Waals surface area contributed by atoms with Gasteiger partial charge >= 0.3 is 0 Å². The monoisotopic (exact) mass is 165 g/mol. The van der Waals surface area contributed by atoms with Crippen LogP contribution in [0.15, 0.2) is 0 Å². The van der Waals surface area contributed by atoms with E-state index >= 15 is 0 Å². The molecule has 4 radical (unpaired) electrons. The molecule has 0 fully saturated rings. The molecule has 0 atom stereocenters. The Kier molecular flexibility index (Phi) is 20.4. The molecule has 2 N–H and O–H groups in total. The fraction of sp³-hybridized carbons (Fsp3) is 1.00. The maximum atomic E-state index is 4.85. The molecule has 24 valence electrons. The molecule has 0 spiro atoms. The second-order valence-electron chi connectivity index (χ2n) is 0.408. The van der Waals surface area contributed by atoms with Crippen molar-refractivity contribution in [3.05, 3.63) is 0 Å². The van der Waals surface area contributed by atoms with E-state index in [1.54, 1.807) is 0 Å². The van der Waals surface area contributed by atoms with Gasteiger partial charge in [-0.2, -0.15) is 0 Å². The van der Waals surface area contributed by atoms with Crippen LogP contribution in [0.4, 0.5) is 0 Å². The number of hydrogen-bond acceptors (Lipinski definition) is 1. The molecule has 4 heavy (non-hydrogen) atoms. The van der Waals surface area contributed by atoms with Crippen LogP contribution in [-0.4, -0.2) is 30.5 Å². The summed E-state index contributed by atoms with van der Waals surface area (Å²) >= 11 is 0. The molecule has 0 aromatic carbocycles. The predicted octanol–water partition coefficient (Wildman–Crippen LogP) is -0.416. The summed E-state index contributed by atoms with van der Waals surface area (Å²) in [6.45, 7) is 2.65. The molecule has 0 aromatic heterocycles. The average Bonchev–Trinajstić information content (AvgIpc) is 0.918. The van der Waals surface area contributed by atoms with Gasteiger partial charge in [0.1, 0.15) is 0 Å². The van der Waals surface area contributed by atoms with Crippen molar-refractivity contribution in [3.8, 4) is 0 Å². The Bertz CT molecular complexity index is 6.00. The molecule has 0 unspecified atom stereocenters. The van der Waals surface area contributed by atoms with Crippen LogP contribution in [0.2, 0.25) is 0 Å². The molecule has 0 bridgehead atoms. The third-order valence-electron chi connectivity index (χ3n) is 0. The van der Waals surface area contributed by atoms with Gasteiger partial charge in [-0.3, -0.25) is 0 Å². The Morgan fingerprint density at radius 3 is 1.75 bits per heavy atom. The molecule has 0 saturated carbocycles. The van der Waals surface area contributed by atoms with E-state index in [2.05, 4.69) is 0 Å². The van der Waals surface area contributed by atoms with E-state index in [1.807, 2.05) is 6.92 Å². The van der Waals surface area contributed by atoms with Gasteiger partial charge in [0.15, 0.2) is 0 Å². The molecule has 0 amide bonds. The maximum absolute atomic E-state index is 4.85. The predicted molar refractivity (Wildman–Crippen MR) is 20.5 cm³/mol. The molecule has 0 aromatic rings. The second kappa shape index (κ2) is 9.25. The third-order valence-corrected chi connectivity index (χ3v) is 0. The van der Waals surface area contributed by atoms with Crippen LogP contribution in [-0.2, 0) is 0 Å². The van der Waals surface area contributed by atoms with Crippen molar-refractivity contribution in [1.29, 1.82) is 0 Å². The molecule has 0 aliphatic heterocycles. The van der Waals surface area contributed by atoms with Gasteiger partial charge in [0.25, 0.3) is 0 Å². The van der Waals surface area contributed by atoms with Crippen molar-refractivity contribution in [2.45, 2.75) is 6.92 Å². The number of hydrogen-bond donors (Lipinski definition) is 1. The van der Waals surface area contributed by atoms with E-state index < -0.39 is 0 Å². The zero-order valence-corrected chi connectivity index (χ0v) is 5.64. The normalized spacial score (nSPS) is 4.50. The first-order valence-corrected chi connectivity index (χ1v) is 1.12. The van der Waals surface area contributed by atoms with E-state index in [0.29, 0.717) is 0 Å². The van der Waals surface area contributed by atoms with E-state index in [1.165, 1.54) is 0 Å². The van der Waals surface area contributed by atoms with Crippen LogP contribution in [0.5, 0.6) is 0 Å². The Morgan fingerprint density at radius 1 is 1.75 bits per heavy atom. The smallest absolute Gasteiger partial charge is 0 e. The molecular formula is C2H7NSn. The first-order chi connectivity index (χ1) is 1.41. The van der Waals surface area contributed by atoms with Gasteiger partial charge in [-0.05, 0) is 6.54 Å². The summed E-state index contributed by atoms with van der Waals surface area (Å²) in [7, 11) is 0. The Morgan fingerprint density at radius 2 is 1.75 bits per heavy atom. The summed E-state index contributed by atoms with van der Waals surface area (Å²) in [6, 6.07) is 0. The minimum atomic E-state index is 0. The summed E-state index contributed by atoms with van der Waals surface area (Å²) in [5.41, 5.74) is 4.85. The molecular weight excluding hydrogens is 157 g/mol. The summed E-state index contributed by atoms with van der Waals surface area (Å²) in [6.07, 6.45) is 0. The number of rotatable bonds is 0. The van der Waals surface area contributed by atoms with E-state index in [0.717, 1.165) is 6.54 Å². The Labute approximate surface area is 43.5 Å². The largest absolute Gasteiger partial charge is 0.331 e. The molecule has 0 heterocycles. The Hall–Kier alpha value is 0.759. The molecule has 0 saturated heterocycles. The van der Waals surface area contributed by atoms with Crippen molar-refractivity contribution in [2.75, 3.05) is 6.54 Å². The van der Waals surface area contributed by atoms with Crippen molar-refractivity contribution in [2.24, 2.45) is 5.73 Å². The summed E-state index contributed by atoms with van der Waals surface area (Å²) in [4.78, 5) is 0. The van der Waals surface area contributed by atoms with Gasteiger partial charge in [0, 0.05) is 23.9 Å². The van der Waals surface area contributed by atoms with Crippen LogP contribution in [0.25, 0.3) is 0 Å². The van der Waals surface area contributed by atoms with Crippen LogP contribution >= 0.6 is 0 Å². The molecule has 1 nitrogen and oxygen atoms in total. The minimum Gasteiger partial charge on any atom is -0.331 e. The van der Waals surface area contributed by atoms with Gasteiger partial charge in [-0.25, -0.2) is 0 Å². The van der Waals surface area contributed by atoms with Crippen LogP contribution in [0, 0.1) is 0 Å². The van der Waals surface area contributed by atoms with Gasteiger partial charge in [-0.1, -0.05) is 6.92 Å². The van der Waals surface area contributed by atoms with Gasteiger partial charge < -0.3 is 5.73 Å².